The summed E-state index contributed by atoms with van der Waals surface area (Å²) < 4.78 is 1.86. The van der Waals surface area contributed by atoms with E-state index < -0.39 is 0 Å². The number of amides is 1. The van der Waals surface area contributed by atoms with Crippen LogP contribution in [-0.4, -0.2) is 38.2 Å². The number of hydrogen-bond donors (Lipinski definition) is 0. The van der Waals surface area contributed by atoms with Crippen LogP contribution in [0.5, 0.6) is 0 Å². The smallest absolute Gasteiger partial charge is 0.224 e. The van der Waals surface area contributed by atoms with Gasteiger partial charge in [0.2, 0.25) is 5.91 Å². The Morgan fingerprint density at radius 3 is 2.96 bits per heavy atom. The molecule has 1 aliphatic rings. The maximum absolute atomic E-state index is 12.7. The molecule has 0 N–H and O–H groups in total. The van der Waals surface area contributed by atoms with Gasteiger partial charge in [-0.25, -0.2) is 0 Å². The van der Waals surface area contributed by atoms with Crippen LogP contribution in [0.2, 0.25) is 0 Å². The van der Waals surface area contributed by atoms with Crippen LogP contribution in [0.1, 0.15) is 43.5 Å². The number of piperidine rings is 1. The number of carbonyl (C=O) groups excluding carboxylic acids is 1. The minimum Gasteiger partial charge on any atom is -0.340 e. The number of rotatable bonds is 6. The zero-order valence-corrected chi connectivity index (χ0v) is 14.4. The standard InChI is InChI=1S/C19H26N4O/c1-16-10-14-22(21-16)15-11-19(24)23-13-5-3-7-18(23)9-8-17-6-2-4-12-20-17/h2,4,6,10,12,14,18H,3,5,7-9,11,13,15H2,1H3/t18-/m1/s1. The van der Waals surface area contributed by atoms with Crippen LogP contribution in [0.3, 0.4) is 0 Å². The molecule has 0 aliphatic carbocycles. The minimum absolute atomic E-state index is 0.258. The fraction of sp³-hybridized carbons (Fsp3) is 0.526. The highest BCUT2D eigenvalue weighted by Crippen LogP contribution is 2.22. The van der Waals surface area contributed by atoms with Crippen molar-refractivity contribution in [2.75, 3.05) is 6.54 Å². The summed E-state index contributed by atoms with van der Waals surface area (Å²) in [6, 6.07) is 8.36. The lowest BCUT2D eigenvalue weighted by Crippen LogP contribution is -2.44. The summed E-state index contributed by atoms with van der Waals surface area (Å²) >= 11 is 0. The van der Waals surface area contributed by atoms with Crippen LogP contribution < -0.4 is 0 Å². The maximum atomic E-state index is 12.7. The lowest BCUT2D eigenvalue weighted by molar-refractivity contribution is -0.135. The second kappa shape index (κ2) is 8.08. The normalized spacial score (nSPS) is 17.9. The molecule has 24 heavy (non-hydrogen) atoms. The van der Waals surface area contributed by atoms with Crippen LogP contribution in [0.4, 0.5) is 0 Å². The van der Waals surface area contributed by atoms with Crippen LogP contribution in [0, 0.1) is 6.92 Å². The van der Waals surface area contributed by atoms with Crippen molar-refractivity contribution in [3.05, 3.63) is 48.0 Å². The van der Waals surface area contributed by atoms with Gasteiger partial charge >= 0.3 is 0 Å². The first-order valence-electron chi connectivity index (χ1n) is 8.92. The van der Waals surface area contributed by atoms with Gasteiger partial charge in [-0.2, -0.15) is 5.10 Å². The van der Waals surface area contributed by atoms with Crippen molar-refractivity contribution in [1.82, 2.24) is 19.7 Å². The molecular formula is C19H26N4O. The van der Waals surface area contributed by atoms with E-state index in [-0.39, 0.29) is 5.91 Å². The molecule has 0 bridgehead atoms. The Morgan fingerprint density at radius 1 is 1.29 bits per heavy atom. The number of aromatic nitrogens is 3. The van der Waals surface area contributed by atoms with E-state index in [1.54, 1.807) is 0 Å². The Balaban J connectivity index is 1.54. The zero-order chi connectivity index (χ0) is 16.8. The third-order valence-electron chi connectivity index (χ3n) is 4.74. The predicted molar refractivity (Wildman–Crippen MR) is 93.5 cm³/mol. The van der Waals surface area contributed by atoms with Crippen LogP contribution in [0.15, 0.2) is 36.7 Å². The molecular weight excluding hydrogens is 300 g/mol. The number of nitrogens with zero attached hydrogens (tertiary/aromatic N) is 4. The van der Waals surface area contributed by atoms with E-state index in [1.165, 1.54) is 6.42 Å². The van der Waals surface area contributed by atoms with Crippen molar-refractivity contribution in [1.29, 1.82) is 0 Å². The molecule has 5 heteroatoms. The molecule has 0 spiro atoms. The lowest BCUT2D eigenvalue weighted by atomic mass is 9.96. The van der Waals surface area contributed by atoms with E-state index in [4.69, 9.17) is 0 Å². The largest absolute Gasteiger partial charge is 0.340 e. The fourth-order valence-corrected chi connectivity index (χ4v) is 3.43. The average Bonchev–Trinajstić information content (AvgIpc) is 3.04. The second-order valence-corrected chi connectivity index (χ2v) is 6.57. The average molecular weight is 326 g/mol. The fourth-order valence-electron chi connectivity index (χ4n) is 3.43. The Kier molecular flexibility index (Phi) is 5.62. The van der Waals surface area contributed by atoms with Gasteiger partial charge in [0.05, 0.1) is 5.69 Å². The highest BCUT2D eigenvalue weighted by molar-refractivity contribution is 5.76. The SMILES string of the molecule is Cc1ccn(CCC(=O)N2CCCC[C@@H]2CCc2ccccn2)n1. The number of likely N-dealkylation sites (tertiary alicyclic amines) is 1. The summed E-state index contributed by atoms with van der Waals surface area (Å²) in [7, 11) is 0. The second-order valence-electron chi connectivity index (χ2n) is 6.57. The first-order chi connectivity index (χ1) is 11.7. The number of hydrogen-bond acceptors (Lipinski definition) is 3. The van der Waals surface area contributed by atoms with Crippen molar-refractivity contribution in [3.63, 3.8) is 0 Å². The summed E-state index contributed by atoms with van der Waals surface area (Å²) in [5, 5.41) is 4.36. The topological polar surface area (TPSA) is 51.0 Å². The molecule has 1 saturated heterocycles. The molecule has 1 fully saturated rings. The highest BCUT2D eigenvalue weighted by atomic mass is 16.2. The number of pyridine rings is 1. The third-order valence-corrected chi connectivity index (χ3v) is 4.74. The predicted octanol–water partition coefficient (Wildman–Crippen LogP) is 2.99. The molecule has 1 amide bonds. The molecule has 0 saturated carbocycles. The minimum atomic E-state index is 0.258. The molecule has 3 heterocycles. The summed E-state index contributed by atoms with van der Waals surface area (Å²) in [5.41, 5.74) is 2.11. The van der Waals surface area contributed by atoms with E-state index in [1.807, 2.05) is 42.2 Å². The Labute approximate surface area is 143 Å². The van der Waals surface area contributed by atoms with Gasteiger partial charge in [0.15, 0.2) is 0 Å². The van der Waals surface area contributed by atoms with Gasteiger partial charge in [-0.3, -0.25) is 14.5 Å². The van der Waals surface area contributed by atoms with Crippen LogP contribution in [0.25, 0.3) is 0 Å². The molecule has 0 unspecified atom stereocenters. The lowest BCUT2D eigenvalue weighted by Gasteiger charge is -2.36. The monoisotopic (exact) mass is 326 g/mol. The van der Waals surface area contributed by atoms with Gasteiger partial charge in [0, 0.05) is 43.6 Å². The Morgan fingerprint density at radius 2 is 2.21 bits per heavy atom. The van der Waals surface area contributed by atoms with E-state index >= 15 is 0 Å². The third kappa shape index (κ3) is 4.43. The molecule has 0 radical (unpaired) electrons. The first-order valence-corrected chi connectivity index (χ1v) is 8.92. The van der Waals surface area contributed by atoms with Crippen molar-refractivity contribution in [3.8, 4) is 0 Å². The van der Waals surface area contributed by atoms with Crippen molar-refractivity contribution in [2.45, 2.75) is 58.0 Å². The van der Waals surface area contributed by atoms with Crippen molar-refractivity contribution in [2.24, 2.45) is 0 Å². The summed E-state index contributed by atoms with van der Waals surface area (Å²) in [4.78, 5) is 19.2. The van der Waals surface area contributed by atoms with Gasteiger partial charge in [-0.1, -0.05) is 6.07 Å². The van der Waals surface area contributed by atoms with Gasteiger partial charge in [0.25, 0.3) is 0 Å². The molecule has 0 aromatic carbocycles. The summed E-state index contributed by atoms with van der Waals surface area (Å²) in [5.74, 6) is 0.258. The first kappa shape index (κ1) is 16.7. The van der Waals surface area contributed by atoms with Gasteiger partial charge in [0.1, 0.15) is 0 Å². The van der Waals surface area contributed by atoms with E-state index in [0.29, 0.717) is 19.0 Å². The van der Waals surface area contributed by atoms with Crippen LogP contribution in [-0.2, 0) is 17.8 Å². The number of aryl methyl sites for hydroxylation is 3. The summed E-state index contributed by atoms with van der Waals surface area (Å²) in [6.45, 7) is 3.52. The maximum Gasteiger partial charge on any atom is 0.224 e. The van der Waals surface area contributed by atoms with Crippen molar-refractivity contribution >= 4 is 5.91 Å². The Hall–Kier alpha value is -2.17. The van der Waals surface area contributed by atoms with Crippen molar-refractivity contribution < 1.29 is 4.79 Å². The van der Waals surface area contributed by atoms with Crippen LogP contribution >= 0.6 is 0 Å². The molecule has 128 valence electrons. The molecule has 1 atom stereocenters. The Bertz CT molecular complexity index is 652. The van der Waals surface area contributed by atoms with Gasteiger partial charge < -0.3 is 4.90 Å². The quantitative estimate of drug-likeness (QED) is 0.820. The number of carbonyl (C=O) groups is 1. The molecule has 1 aliphatic heterocycles. The zero-order valence-electron chi connectivity index (χ0n) is 14.4. The molecule has 2 aromatic rings. The highest BCUT2D eigenvalue weighted by Gasteiger charge is 2.26. The van der Waals surface area contributed by atoms with E-state index in [0.717, 1.165) is 43.6 Å². The van der Waals surface area contributed by atoms with E-state index in [9.17, 15) is 4.79 Å². The molecule has 5 nitrogen and oxygen atoms in total. The van der Waals surface area contributed by atoms with Gasteiger partial charge in [-0.05, 0) is 57.2 Å². The molecule has 2 aromatic heterocycles. The molecule has 3 rings (SSSR count). The summed E-state index contributed by atoms with van der Waals surface area (Å²) in [6.07, 6.45) is 9.70. The van der Waals surface area contributed by atoms with E-state index in [2.05, 4.69) is 21.0 Å². The van der Waals surface area contributed by atoms with Gasteiger partial charge in [-0.15, -0.1) is 0 Å².